The van der Waals surface area contributed by atoms with Gasteiger partial charge in [-0.1, -0.05) is 23.7 Å². The van der Waals surface area contributed by atoms with Crippen LogP contribution in [0.15, 0.2) is 36.4 Å². The Morgan fingerprint density at radius 3 is 2.54 bits per heavy atom. The van der Waals surface area contributed by atoms with E-state index in [2.05, 4.69) is 15.2 Å². The van der Waals surface area contributed by atoms with Crippen LogP contribution in [0.1, 0.15) is 41.6 Å². The van der Waals surface area contributed by atoms with E-state index in [0.29, 0.717) is 17.8 Å². The second-order valence-corrected chi connectivity index (χ2v) is 10.7. The number of hydrogen-bond acceptors (Lipinski definition) is 6. The van der Waals surface area contributed by atoms with E-state index < -0.39 is 23.2 Å². The quantitative estimate of drug-likeness (QED) is 0.467. The maximum Gasteiger partial charge on any atom is 0.430 e. The third-order valence-corrected chi connectivity index (χ3v) is 8.40. The van der Waals surface area contributed by atoms with Crippen LogP contribution in [0, 0.1) is 11.3 Å². The van der Waals surface area contributed by atoms with E-state index in [1.54, 1.807) is 12.1 Å². The maximum atomic E-state index is 14.0. The van der Waals surface area contributed by atoms with Gasteiger partial charge in [0.2, 0.25) is 0 Å². The van der Waals surface area contributed by atoms with Crippen LogP contribution in [0.3, 0.4) is 0 Å². The van der Waals surface area contributed by atoms with E-state index in [0.717, 1.165) is 49.4 Å². The molecule has 1 aromatic heterocycles. The number of anilines is 1. The largest absolute Gasteiger partial charge is 0.497 e. The van der Waals surface area contributed by atoms with E-state index >= 15 is 0 Å². The van der Waals surface area contributed by atoms with Gasteiger partial charge in [0.05, 0.1) is 12.7 Å². The molecule has 1 spiro atoms. The Bertz CT molecular complexity index is 1240. The van der Waals surface area contributed by atoms with Crippen LogP contribution < -0.4 is 15.0 Å². The zero-order chi connectivity index (χ0) is 28.6. The van der Waals surface area contributed by atoms with Crippen LogP contribution >= 0.6 is 11.6 Å². The molecule has 8 nitrogen and oxygen atoms in total. The van der Waals surface area contributed by atoms with Gasteiger partial charge in [0, 0.05) is 39.3 Å². The summed E-state index contributed by atoms with van der Waals surface area (Å²) in [6.45, 7) is 1.56. The number of benzene rings is 1. The number of hydrogen-bond donors (Lipinski definition) is 2. The number of nitrogens with zero attached hydrogens (tertiary/aromatic N) is 3. The van der Waals surface area contributed by atoms with Crippen molar-refractivity contribution in [2.24, 2.45) is 11.3 Å². The summed E-state index contributed by atoms with van der Waals surface area (Å²) >= 11 is 6.20. The fraction of sp³-hybridized carbons (Fsp3) is 0.519. The van der Waals surface area contributed by atoms with Crippen molar-refractivity contribution in [1.29, 1.82) is 0 Å². The zero-order valence-electron chi connectivity index (χ0n) is 22.0. The predicted octanol–water partition coefficient (Wildman–Crippen LogP) is 4.01. The molecule has 1 saturated heterocycles. The summed E-state index contributed by atoms with van der Waals surface area (Å²) in [4.78, 5) is 32.3. The molecule has 2 aromatic rings. The van der Waals surface area contributed by atoms with Gasteiger partial charge in [0.15, 0.2) is 0 Å². The Balaban J connectivity index is 1.35. The Labute approximate surface area is 230 Å². The fourth-order valence-corrected chi connectivity index (χ4v) is 5.76. The highest BCUT2D eigenvalue weighted by Crippen LogP contribution is 2.61. The van der Waals surface area contributed by atoms with Crippen molar-refractivity contribution in [2.75, 3.05) is 45.7 Å². The number of aromatic nitrogens is 1. The standard InChI is InChI=1S/C27H32ClF3N4O4/c1-32-23(36)20-7-8-21(33-22(20)28)35-13-10-25(11-14-35)16-18(25)9-12-34(2)24(37)26(38,27(29,30)31)17-5-4-6-19(15-17)39-3/h4-8,15,18,38H,9-14,16H2,1-3H3,(H,32,36)/t18-,26?/m0/s1. The summed E-state index contributed by atoms with van der Waals surface area (Å²) < 4.78 is 47.1. The van der Waals surface area contributed by atoms with E-state index in [1.165, 1.54) is 33.3 Å². The lowest BCUT2D eigenvalue weighted by Crippen LogP contribution is -2.55. The van der Waals surface area contributed by atoms with E-state index in [4.69, 9.17) is 16.3 Å². The molecule has 1 aliphatic heterocycles. The minimum atomic E-state index is -5.21. The van der Waals surface area contributed by atoms with Crippen LogP contribution in [0.5, 0.6) is 5.75 Å². The molecule has 2 amide bonds. The molecular weight excluding hydrogens is 537 g/mol. The summed E-state index contributed by atoms with van der Waals surface area (Å²) in [5.74, 6) is -0.655. The van der Waals surface area contributed by atoms with Gasteiger partial charge in [-0.2, -0.15) is 13.2 Å². The van der Waals surface area contributed by atoms with Crippen molar-refractivity contribution in [1.82, 2.24) is 15.2 Å². The van der Waals surface area contributed by atoms with Gasteiger partial charge in [-0.25, -0.2) is 4.98 Å². The van der Waals surface area contributed by atoms with Gasteiger partial charge in [-0.15, -0.1) is 0 Å². The van der Waals surface area contributed by atoms with Crippen molar-refractivity contribution < 1.29 is 32.6 Å². The molecule has 1 aromatic carbocycles. The lowest BCUT2D eigenvalue weighted by molar-refractivity contribution is -0.261. The summed E-state index contributed by atoms with van der Waals surface area (Å²) in [5, 5.41) is 13.4. The number of halogens is 4. The summed E-state index contributed by atoms with van der Waals surface area (Å²) in [5.41, 5.74) is -3.87. The number of alkyl halides is 3. The molecule has 0 radical (unpaired) electrons. The van der Waals surface area contributed by atoms with E-state index in [9.17, 15) is 27.9 Å². The molecule has 212 valence electrons. The minimum absolute atomic E-state index is 0.0827. The number of aliphatic hydroxyl groups is 1. The van der Waals surface area contributed by atoms with Crippen LogP contribution in [0.4, 0.5) is 19.0 Å². The third-order valence-electron chi connectivity index (χ3n) is 8.11. The average molecular weight is 569 g/mol. The highest BCUT2D eigenvalue weighted by atomic mass is 35.5. The van der Waals surface area contributed by atoms with E-state index in [1.807, 2.05) is 0 Å². The number of carbonyl (C=O) groups is 2. The maximum absolute atomic E-state index is 14.0. The lowest BCUT2D eigenvalue weighted by atomic mass is 9.89. The van der Waals surface area contributed by atoms with Gasteiger partial charge in [-0.3, -0.25) is 9.59 Å². The molecule has 12 heteroatoms. The Hall–Kier alpha value is -3.05. The number of amides is 2. The Morgan fingerprint density at radius 2 is 1.95 bits per heavy atom. The fourth-order valence-electron chi connectivity index (χ4n) is 5.52. The van der Waals surface area contributed by atoms with Crippen LogP contribution in [0.2, 0.25) is 5.15 Å². The van der Waals surface area contributed by atoms with E-state index in [-0.39, 0.29) is 34.7 Å². The molecule has 2 N–H and O–H groups in total. The number of rotatable bonds is 8. The zero-order valence-corrected chi connectivity index (χ0v) is 22.8. The first kappa shape index (κ1) is 28.9. The molecule has 2 heterocycles. The highest BCUT2D eigenvalue weighted by Gasteiger charge is 2.62. The monoisotopic (exact) mass is 568 g/mol. The summed E-state index contributed by atoms with van der Waals surface area (Å²) in [6, 6.07) is 8.25. The summed E-state index contributed by atoms with van der Waals surface area (Å²) in [6.07, 6.45) is -1.98. The van der Waals surface area contributed by atoms with Crippen molar-refractivity contribution in [2.45, 2.75) is 37.5 Å². The first-order chi connectivity index (χ1) is 18.4. The number of nitrogens with one attached hydrogen (secondary N) is 1. The van der Waals surface area contributed by atoms with Gasteiger partial charge in [0.1, 0.15) is 16.7 Å². The SMILES string of the molecule is CNC(=O)c1ccc(N2CCC3(CC2)C[C@@H]3CCN(C)C(=O)C(O)(c2cccc(OC)c2)C(F)(F)F)nc1Cl. The van der Waals surface area contributed by atoms with Crippen molar-refractivity contribution in [3.05, 3.63) is 52.7 Å². The normalized spacial score (nSPS) is 19.8. The molecule has 1 aliphatic carbocycles. The van der Waals surface area contributed by atoms with Gasteiger partial charge < -0.3 is 25.0 Å². The third kappa shape index (κ3) is 5.51. The number of likely N-dealkylation sites (N-methyl/N-ethyl adjacent to an activating group) is 1. The molecule has 2 atom stereocenters. The molecule has 39 heavy (non-hydrogen) atoms. The number of methoxy groups -OCH3 is 1. The molecule has 4 rings (SSSR count). The topological polar surface area (TPSA) is 95.0 Å². The van der Waals surface area contributed by atoms with Crippen molar-refractivity contribution in [3.8, 4) is 5.75 Å². The molecule has 0 bridgehead atoms. The van der Waals surface area contributed by atoms with Crippen LogP contribution in [-0.4, -0.2) is 73.8 Å². The van der Waals surface area contributed by atoms with Crippen LogP contribution in [-0.2, 0) is 10.4 Å². The molecule has 1 unspecified atom stereocenters. The molecule has 1 saturated carbocycles. The van der Waals surface area contributed by atoms with Crippen LogP contribution in [0.25, 0.3) is 0 Å². The smallest absolute Gasteiger partial charge is 0.430 e. The predicted molar refractivity (Wildman–Crippen MR) is 140 cm³/mol. The van der Waals surface area contributed by atoms with Crippen molar-refractivity contribution >= 4 is 29.2 Å². The Kier molecular flexibility index (Phi) is 8.05. The van der Waals surface area contributed by atoms with Gasteiger partial charge in [-0.05, 0) is 61.3 Å². The number of pyridine rings is 1. The first-order valence-electron chi connectivity index (χ1n) is 12.7. The molecule has 2 fully saturated rings. The van der Waals surface area contributed by atoms with Gasteiger partial charge >= 0.3 is 6.18 Å². The molecular formula is C27H32ClF3N4O4. The number of ether oxygens (including phenoxy) is 1. The average Bonchev–Trinajstić information content (AvgIpc) is 3.60. The van der Waals surface area contributed by atoms with Gasteiger partial charge in [0.25, 0.3) is 17.4 Å². The summed E-state index contributed by atoms with van der Waals surface area (Å²) in [7, 11) is 4.10. The highest BCUT2D eigenvalue weighted by molar-refractivity contribution is 6.32. The second kappa shape index (κ2) is 10.8. The van der Waals surface area contributed by atoms with Crippen molar-refractivity contribution in [3.63, 3.8) is 0 Å². The first-order valence-corrected chi connectivity index (χ1v) is 13.1. The molecule has 2 aliphatic rings. The number of piperidine rings is 1. The number of carbonyl (C=O) groups excluding carboxylic acids is 2. The minimum Gasteiger partial charge on any atom is -0.497 e. The second-order valence-electron chi connectivity index (χ2n) is 10.3. The lowest BCUT2D eigenvalue weighted by Gasteiger charge is -2.35. The Morgan fingerprint density at radius 1 is 1.26 bits per heavy atom.